The number of non-ortho nitro benzene ring substituents is 1. The molecule has 1 aromatic rings. The zero-order chi connectivity index (χ0) is 14.0. The van der Waals surface area contributed by atoms with E-state index in [0.717, 1.165) is 0 Å². The van der Waals surface area contributed by atoms with Crippen LogP contribution < -0.4 is 5.32 Å². The number of aliphatic hydroxyl groups excluding tert-OH is 3. The molecule has 0 aromatic heterocycles. The highest BCUT2D eigenvalue weighted by Crippen LogP contribution is 2.24. The average molecular weight is 270 g/mol. The van der Waals surface area contributed by atoms with Gasteiger partial charge in [0, 0.05) is 17.8 Å². The van der Waals surface area contributed by atoms with Gasteiger partial charge in [0.05, 0.1) is 11.5 Å². The molecule has 8 nitrogen and oxygen atoms in total. The maximum absolute atomic E-state index is 10.6. The van der Waals surface area contributed by atoms with Crippen LogP contribution in [-0.4, -0.2) is 51.4 Å². The number of hydrogen-bond donors (Lipinski definition) is 4. The SMILES string of the molecule is O=[N+]([O-])c1cccc(N[C@@H]2O[C@@H](CO)[C@@H](O)[C@@H]2O)c1. The molecule has 0 spiro atoms. The topological polar surface area (TPSA) is 125 Å². The number of anilines is 1. The molecule has 1 aliphatic rings. The largest absolute Gasteiger partial charge is 0.394 e. The van der Waals surface area contributed by atoms with Crippen LogP contribution in [-0.2, 0) is 4.74 Å². The number of benzene rings is 1. The van der Waals surface area contributed by atoms with Crippen LogP contribution in [0.3, 0.4) is 0 Å². The minimum atomic E-state index is -1.23. The van der Waals surface area contributed by atoms with Crippen LogP contribution in [0.1, 0.15) is 0 Å². The van der Waals surface area contributed by atoms with Gasteiger partial charge >= 0.3 is 0 Å². The molecule has 0 bridgehead atoms. The predicted octanol–water partition coefficient (Wildman–Crippen LogP) is -0.554. The van der Waals surface area contributed by atoms with Crippen LogP contribution in [0.5, 0.6) is 0 Å². The third kappa shape index (κ3) is 2.82. The van der Waals surface area contributed by atoms with Gasteiger partial charge in [-0.05, 0) is 6.07 Å². The van der Waals surface area contributed by atoms with Crippen molar-refractivity contribution >= 4 is 11.4 Å². The molecule has 104 valence electrons. The summed E-state index contributed by atoms with van der Waals surface area (Å²) < 4.78 is 5.21. The van der Waals surface area contributed by atoms with Crippen molar-refractivity contribution < 1.29 is 25.0 Å². The standard InChI is InChI=1S/C11H14N2O6/c14-5-8-9(15)10(16)11(19-8)12-6-2-1-3-7(4-6)13(17)18/h1-4,8-12,14-16H,5H2/t8-,9+,10-,11+/m0/s1. The van der Waals surface area contributed by atoms with Gasteiger partial charge in [-0.3, -0.25) is 10.1 Å². The Labute approximate surface area is 108 Å². The fourth-order valence-electron chi connectivity index (χ4n) is 1.89. The Morgan fingerprint density at radius 2 is 2.11 bits per heavy atom. The fraction of sp³-hybridized carbons (Fsp3) is 0.455. The number of aliphatic hydroxyl groups is 3. The first-order chi connectivity index (χ1) is 9.02. The van der Waals surface area contributed by atoms with E-state index < -0.39 is 36.1 Å². The van der Waals surface area contributed by atoms with E-state index in [1.807, 2.05) is 0 Å². The Kier molecular flexibility index (Phi) is 3.96. The lowest BCUT2D eigenvalue weighted by Crippen LogP contribution is -2.36. The Hall–Kier alpha value is -1.74. The molecule has 0 amide bonds. The molecule has 0 aliphatic carbocycles. The lowest BCUT2D eigenvalue weighted by Gasteiger charge is -2.17. The van der Waals surface area contributed by atoms with Crippen LogP contribution in [0.2, 0.25) is 0 Å². The summed E-state index contributed by atoms with van der Waals surface area (Å²) in [4.78, 5) is 10.1. The second-order valence-electron chi connectivity index (χ2n) is 4.21. The van der Waals surface area contributed by atoms with E-state index in [9.17, 15) is 20.3 Å². The molecule has 19 heavy (non-hydrogen) atoms. The highest BCUT2D eigenvalue weighted by molar-refractivity contribution is 5.51. The van der Waals surface area contributed by atoms with Crippen molar-refractivity contribution in [2.75, 3.05) is 11.9 Å². The molecule has 0 unspecified atom stereocenters. The van der Waals surface area contributed by atoms with Crippen LogP contribution >= 0.6 is 0 Å². The number of nitrogens with one attached hydrogen (secondary N) is 1. The Balaban J connectivity index is 2.09. The van der Waals surface area contributed by atoms with Crippen LogP contribution in [0.15, 0.2) is 24.3 Å². The highest BCUT2D eigenvalue weighted by atomic mass is 16.6. The van der Waals surface area contributed by atoms with Crippen LogP contribution in [0.25, 0.3) is 0 Å². The quantitative estimate of drug-likeness (QED) is 0.427. The summed E-state index contributed by atoms with van der Waals surface area (Å²) in [5.41, 5.74) is 0.279. The summed E-state index contributed by atoms with van der Waals surface area (Å²) in [6.07, 6.45) is -4.25. The first-order valence-electron chi connectivity index (χ1n) is 5.66. The van der Waals surface area contributed by atoms with Gasteiger partial charge in [0.25, 0.3) is 5.69 Å². The summed E-state index contributed by atoms with van der Waals surface area (Å²) >= 11 is 0. The van der Waals surface area contributed by atoms with Gasteiger partial charge in [0.2, 0.25) is 0 Å². The molecule has 1 heterocycles. The van der Waals surface area contributed by atoms with Gasteiger partial charge in [-0.15, -0.1) is 0 Å². The molecule has 8 heteroatoms. The molecule has 1 aliphatic heterocycles. The molecule has 1 fully saturated rings. The van der Waals surface area contributed by atoms with Gasteiger partial charge in [-0.2, -0.15) is 0 Å². The third-order valence-corrected chi connectivity index (χ3v) is 2.91. The summed E-state index contributed by atoms with van der Waals surface area (Å²) in [5, 5.41) is 41.6. The van der Waals surface area contributed by atoms with E-state index in [1.165, 1.54) is 18.2 Å². The highest BCUT2D eigenvalue weighted by Gasteiger charge is 2.42. The van der Waals surface area contributed by atoms with Gasteiger partial charge in [0.1, 0.15) is 18.3 Å². The van der Waals surface area contributed by atoms with Crippen molar-refractivity contribution in [3.63, 3.8) is 0 Å². The zero-order valence-electron chi connectivity index (χ0n) is 9.84. The number of nitro groups is 1. The average Bonchev–Trinajstić information content (AvgIpc) is 2.67. The molecular weight excluding hydrogens is 256 g/mol. The first kappa shape index (κ1) is 13.7. The summed E-state index contributed by atoms with van der Waals surface area (Å²) in [7, 11) is 0. The predicted molar refractivity (Wildman–Crippen MR) is 64.5 cm³/mol. The van der Waals surface area contributed by atoms with Crippen molar-refractivity contribution in [2.45, 2.75) is 24.5 Å². The molecule has 0 radical (unpaired) electrons. The summed E-state index contributed by atoms with van der Waals surface area (Å²) in [6, 6.07) is 5.68. The molecule has 1 saturated heterocycles. The van der Waals surface area contributed by atoms with E-state index in [2.05, 4.69) is 5.32 Å². The number of rotatable bonds is 4. The number of nitrogens with zero attached hydrogens (tertiary/aromatic N) is 1. The van der Waals surface area contributed by atoms with Crippen molar-refractivity contribution in [3.8, 4) is 0 Å². The lowest BCUT2D eigenvalue weighted by molar-refractivity contribution is -0.384. The van der Waals surface area contributed by atoms with E-state index >= 15 is 0 Å². The summed E-state index contributed by atoms with van der Waals surface area (Å²) in [5.74, 6) is 0. The normalized spacial score (nSPS) is 30.3. The minimum Gasteiger partial charge on any atom is -0.394 e. The van der Waals surface area contributed by atoms with Crippen molar-refractivity contribution in [2.24, 2.45) is 0 Å². The monoisotopic (exact) mass is 270 g/mol. The van der Waals surface area contributed by atoms with Gasteiger partial charge < -0.3 is 25.4 Å². The number of nitro benzene ring substituents is 1. The smallest absolute Gasteiger partial charge is 0.271 e. The second-order valence-corrected chi connectivity index (χ2v) is 4.21. The van der Waals surface area contributed by atoms with E-state index in [-0.39, 0.29) is 5.69 Å². The zero-order valence-corrected chi connectivity index (χ0v) is 9.84. The number of ether oxygens (including phenoxy) is 1. The molecule has 4 atom stereocenters. The van der Waals surface area contributed by atoms with Gasteiger partial charge in [0.15, 0.2) is 6.23 Å². The fourth-order valence-corrected chi connectivity index (χ4v) is 1.89. The lowest BCUT2D eigenvalue weighted by atomic mass is 10.1. The van der Waals surface area contributed by atoms with Gasteiger partial charge in [-0.25, -0.2) is 0 Å². The van der Waals surface area contributed by atoms with Crippen molar-refractivity contribution in [3.05, 3.63) is 34.4 Å². The van der Waals surface area contributed by atoms with Gasteiger partial charge in [-0.1, -0.05) is 6.07 Å². The molecule has 4 N–H and O–H groups in total. The first-order valence-corrected chi connectivity index (χ1v) is 5.66. The molecule has 1 aromatic carbocycles. The minimum absolute atomic E-state index is 0.100. The maximum atomic E-state index is 10.6. The van der Waals surface area contributed by atoms with Crippen molar-refractivity contribution in [1.82, 2.24) is 0 Å². The van der Waals surface area contributed by atoms with E-state index in [0.29, 0.717) is 5.69 Å². The summed E-state index contributed by atoms with van der Waals surface area (Å²) in [6.45, 7) is -0.425. The Bertz CT molecular complexity index is 468. The third-order valence-electron chi connectivity index (χ3n) is 2.91. The van der Waals surface area contributed by atoms with Crippen LogP contribution in [0, 0.1) is 10.1 Å². The molecule has 2 rings (SSSR count). The van der Waals surface area contributed by atoms with E-state index in [1.54, 1.807) is 6.07 Å². The molecule has 0 saturated carbocycles. The Morgan fingerprint density at radius 3 is 2.68 bits per heavy atom. The maximum Gasteiger partial charge on any atom is 0.271 e. The van der Waals surface area contributed by atoms with Crippen LogP contribution in [0.4, 0.5) is 11.4 Å². The second kappa shape index (κ2) is 5.49. The molecular formula is C11H14N2O6. The Morgan fingerprint density at radius 1 is 1.37 bits per heavy atom. The number of hydrogen-bond acceptors (Lipinski definition) is 7. The van der Waals surface area contributed by atoms with Crippen molar-refractivity contribution in [1.29, 1.82) is 0 Å². The van der Waals surface area contributed by atoms with E-state index in [4.69, 9.17) is 9.84 Å².